The van der Waals surface area contributed by atoms with E-state index in [9.17, 15) is 22.8 Å². The molecule has 4 aromatic rings. The van der Waals surface area contributed by atoms with Crippen molar-refractivity contribution in [3.8, 4) is 0 Å². The van der Waals surface area contributed by atoms with Crippen molar-refractivity contribution in [1.82, 2.24) is 0 Å². The second-order valence-electron chi connectivity index (χ2n) is 6.71. The molecule has 4 rings (SSSR count). The summed E-state index contributed by atoms with van der Waals surface area (Å²) >= 11 is 12.7. The van der Waals surface area contributed by atoms with Crippen LogP contribution in [-0.4, -0.2) is 18.2 Å². The summed E-state index contributed by atoms with van der Waals surface area (Å²) in [6.45, 7) is 0. The number of methoxy groups -OCH3 is 1. The van der Waals surface area contributed by atoms with E-state index in [0.717, 1.165) is 16.0 Å². The maximum Gasteiger partial charge on any atom is 0.417 e. The van der Waals surface area contributed by atoms with Gasteiger partial charge in [-0.3, -0.25) is 0 Å². The molecule has 0 fully saturated rings. The fourth-order valence-electron chi connectivity index (χ4n) is 3.14. The minimum Gasteiger partial charge on any atom is -0.465 e. The minimum atomic E-state index is -4.70. The lowest BCUT2D eigenvalue weighted by Gasteiger charge is -2.13. The summed E-state index contributed by atoms with van der Waals surface area (Å²) in [5, 5.41) is 6.65. The molecule has 6 nitrogen and oxygen atoms in total. The highest BCUT2D eigenvalue weighted by Gasteiger charge is 2.33. The highest BCUT2D eigenvalue weighted by molar-refractivity contribution is 7.80. The van der Waals surface area contributed by atoms with E-state index in [-0.39, 0.29) is 21.0 Å². The summed E-state index contributed by atoms with van der Waals surface area (Å²) in [6, 6.07) is 9.41. The lowest BCUT2D eigenvalue weighted by Crippen LogP contribution is -2.19. The normalized spacial score (nSPS) is 11.5. The molecule has 0 saturated carbocycles. The van der Waals surface area contributed by atoms with Crippen LogP contribution in [-0.2, 0) is 10.9 Å². The summed E-state index contributed by atoms with van der Waals surface area (Å²) < 4.78 is 49.9. The number of nitrogens with one attached hydrogen (secondary N) is 2. The van der Waals surface area contributed by atoms with Gasteiger partial charge in [0.15, 0.2) is 5.11 Å². The fraction of sp³-hybridized carbons (Fsp3) is 0.0952. The average molecular weight is 513 g/mol. The number of esters is 1. The van der Waals surface area contributed by atoms with E-state index in [2.05, 4.69) is 10.6 Å². The van der Waals surface area contributed by atoms with Crippen LogP contribution in [0.5, 0.6) is 0 Å². The number of anilines is 2. The molecular weight excluding hydrogens is 501 g/mol. The number of hydrogen-bond acceptors (Lipinski definition) is 6. The number of carbonyl (C=O) groups excluding carboxylic acids is 1. The number of halogens is 4. The van der Waals surface area contributed by atoms with Gasteiger partial charge in [0.2, 0.25) is 0 Å². The Morgan fingerprint density at radius 1 is 1.09 bits per heavy atom. The number of thiocarbonyl (C=S) groups is 1. The van der Waals surface area contributed by atoms with Crippen molar-refractivity contribution in [2.24, 2.45) is 0 Å². The molecule has 0 radical (unpaired) electrons. The van der Waals surface area contributed by atoms with Crippen LogP contribution in [0, 0.1) is 0 Å². The highest BCUT2D eigenvalue weighted by Crippen LogP contribution is 2.37. The minimum absolute atomic E-state index is 0.138. The van der Waals surface area contributed by atoms with E-state index in [1.54, 1.807) is 18.2 Å². The molecule has 2 aromatic heterocycles. The molecular formula is C21H12ClF3N2O4S2. The standard InChI is InChI=1S/C21H12ClF3N2O4S2/c1-30-19(29)18-17(22)12-5-3-10(7-15(12)33-18)27-20(32)26-9-2-4-11-13(21(23,24)25)8-16(28)31-14(11)6-9/h2-8H,1H3,(H2,26,27,32). The number of thiophene rings is 1. The van der Waals surface area contributed by atoms with Crippen LogP contribution in [0.25, 0.3) is 21.1 Å². The van der Waals surface area contributed by atoms with Crippen LogP contribution >= 0.6 is 35.2 Å². The van der Waals surface area contributed by atoms with Gasteiger partial charge >= 0.3 is 17.8 Å². The third-order valence-corrected chi connectivity index (χ3v) is 6.41. The van der Waals surface area contributed by atoms with Crippen LogP contribution in [0.3, 0.4) is 0 Å². The molecule has 0 amide bonds. The SMILES string of the molecule is COC(=O)c1sc2cc(NC(=S)Nc3ccc4c(C(F)(F)F)cc(=O)oc4c3)ccc2c1Cl. The molecule has 0 atom stereocenters. The first kappa shape index (κ1) is 23.0. The zero-order chi connectivity index (χ0) is 23.9. The molecule has 170 valence electrons. The van der Waals surface area contributed by atoms with E-state index in [0.29, 0.717) is 27.8 Å². The van der Waals surface area contributed by atoms with Crippen molar-refractivity contribution in [3.63, 3.8) is 0 Å². The molecule has 0 aliphatic rings. The van der Waals surface area contributed by atoms with E-state index in [1.807, 2.05) is 0 Å². The summed E-state index contributed by atoms with van der Waals surface area (Å²) in [4.78, 5) is 23.7. The zero-order valence-corrected chi connectivity index (χ0v) is 18.9. The molecule has 0 spiro atoms. The average Bonchev–Trinajstić information content (AvgIpc) is 3.07. The first-order chi connectivity index (χ1) is 15.6. The van der Waals surface area contributed by atoms with E-state index < -0.39 is 23.3 Å². The first-order valence-corrected chi connectivity index (χ1v) is 10.7. The highest BCUT2D eigenvalue weighted by atomic mass is 35.5. The van der Waals surface area contributed by atoms with E-state index in [4.69, 9.17) is 33.0 Å². The smallest absolute Gasteiger partial charge is 0.417 e. The molecule has 33 heavy (non-hydrogen) atoms. The van der Waals surface area contributed by atoms with Gasteiger partial charge in [0.1, 0.15) is 10.5 Å². The quantitative estimate of drug-likeness (QED) is 0.190. The Morgan fingerprint density at radius 3 is 2.36 bits per heavy atom. The lowest BCUT2D eigenvalue weighted by atomic mass is 10.1. The van der Waals surface area contributed by atoms with Crippen molar-refractivity contribution in [1.29, 1.82) is 0 Å². The Morgan fingerprint density at radius 2 is 1.73 bits per heavy atom. The second kappa shape index (κ2) is 8.65. The molecule has 0 aliphatic carbocycles. The summed E-state index contributed by atoms with van der Waals surface area (Å²) in [5.74, 6) is -0.537. The Kier molecular flexibility index (Phi) is 6.04. The number of alkyl halides is 3. The van der Waals surface area contributed by atoms with Crippen LogP contribution < -0.4 is 16.3 Å². The van der Waals surface area contributed by atoms with Gasteiger partial charge < -0.3 is 19.8 Å². The summed E-state index contributed by atoms with van der Waals surface area (Å²) in [6.07, 6.45) is -4.70. The predicted molar refractivity (Wildman–Crippen MR) is 126 cm³/mol. The van der Waals surface area contributed by atoms with Gasteiger partial charge in [0.05, 0.1) is 17.7 Å². The molecule has 2 N–H and O–H groups in total. The predicted octanol–water partition coefficient (Wildman–Crippen LogP) is 6.28. The number of carbonyl (C=O) groups is 1. The van der Waals surface area contributed by atoms with Crippen molar-refractivity contribution >= 4 is 78.7 Å². The Hall–Kier alpha value is -3.15. The van der Waals surface area contributed by atoms with E-state index >= 15 is 0 Å². The maximum absolute atomic E-state index is 13.2. The van der Waals surface area contributed by atoms with Crippen molar-refractivity contribution < 1.29 is 27.1 Å². The lowest BCUT2D eigenvalue weighted by molar-refractivity contribution is -0.136. The molecule has 0 unspecified atom stereocenters. The zero-order valence-electron chi connectivity index (χ0n) is 16.5. The van der Waals surface area contributed by atoms with Gasteiger partial charge in [-0.1, -0.05) is 11.6 Å². The first-order valence-electron chi connectivity index (χ1n) is 9.10. The Bertz CT molecular complexity index is 1480. The third kappa shape index (κ3) is 4.65. The van der Waals surface area contributed by atoms with Gasteiger partial charge in [0, 0.05) is 39.0 Å². The monoisotopic (exact) mass is 512 g/mol. The van der Waals surface area contributed by atoms with Crippen LogP contribution in [0.15, 0.2) is 51.7 Å². The third-order valence-electron chi connectivity index (χ3n) is 4.57. The molecule has 0 saturated heterocycles. The van der Waals surface area contributed by atoms with Crippen LogP contribution in [0.4, 0.5) is 24.5 Å². The van der Waals surface area contributed by atoms with Gasteiger partial charge in [-0.15, -0.1) is 11.3 Å². The van der Waals surface area contributed by atoms with Crippen molar-refractivity contribution in [2.75, 3.05) is 17.7 Å². The Balaban J connectivity index is 1.57. The van der Waals surface area contributed by atoms with Crippen molar-refractivity contribution in [2.45, 2.75) is 6.18 Å². The second-order valence-corrected chi connectivity index (χ2v) is 8.55. The number of hydrogen-bond donors (Lipinski definition) is 2. The summed E-state index contributed by atoms with van der Waals surface area (Å²) in [7, 11) is 1.27. The van der Waals surface area contributed by atoms with Gasteiger partial charge in [0.25, 0.3) is 0 Å². The fourth-order valence-corrected chi connectivity index (χ4v) is 4.84. The maximum atomic E-state index is 13.2. The Labute approximate surface area is 197 Å². The molecule has 2 heterocycles. The number of ether oxygens (including phenoxy) is 1. The topological polar surface area (TPSA) is 80.6 Å². The largest absolute Gasteiger partial charge is 0.465 e. The number of fused-ring (bicyclic) bond motifs is 2. The van der Waals surface area contributed by atoms with Crippen LogP contribution in [0.2, 0.25) is 5.02 Å². The molecule has 2 aromatic carbocycles. The molecule has 0 aliphatic heterocycles. The van der Waals surface area contributed by atoms with Gasteiger partial charge in [-0.05, 0) is 42.5 Å². The molecule has 0 bridgehead atoms. The van der Waals surface area contributed by atoms with E-state index in [1.165, 1.54) is 25.3 Å². The van der Waals surface area contributed by atoms with Crippen molar-refractivity contribution in [3.05, 3.63) is 68.3 Å². The summed E-state index contributed by atoms with van der Waals surface area (Å²) in [5.41, 5.74) is -1.51. The number of benzene rings is 2. The van der Waals surface area contributed by atoms with Gasteiger partial charge in [-0.25, -0.2) is 9.59 Å². The number of rotatable bonds is 3. The van der Waals surface area contributed by atoms with Crippen LogP contribution in [0.1, 0.15) is 15.2 Å². The molecule has 12 heteroatoms. The van der Waals surface area contributed by atoms with Gasteiger partial charge in [-0.2, -0.15) is 13.2 Å².